The Balaban J connectivity index is 1.35. The zero-order chi connectivity index (χ0) is 17.8. The molecule has 0 spiro atoms. The van der Waals surface area contributed by atoms with Gasteiger partial charge in [0.1, 0.15) is 13.2 Å². The zero-order valence-electron chi connectivity index (χ0n) is 13.6. The van der Waals surface area contributed by atoms with E-state index in [1.165, 1.54) is 9.80 Å². The standard InChI is InChI=1S/C17H19N3O5/c21-14-6-7-15(22)20(14)13-9-19(10-13)16(23)8-18-17(24)25-11-12-4-2-1-3-5-12/h1-5,13H,6-11H2,(H,18,24). The molecule has 0 aliphatic carbocycles. The Bertz CT molecular complexity index is 669. The quantitative estimate of drug-likeness (QED) is 0.773. The van der Waals surface area contributed by atoms with Crippen molar-refractivity contribution >= 4 is 23.8 Å². The molecule has 0 radical (unpaired) electrons. The maximum absolute atomic E-state index is 12.0. The molecule has 8 nitrogen and oxygen atoms in total. The summed E-state index contributed by atoms with van der Waals surface area (Å²) in [5, 5.41) is 2.40. The average molecular weight is 345 g/mol. The van der Waals surface area contributed by atoms with Gasteiger partial charge < -0.3 is 15.0 Å². The lowest BCUT2D eigenvalue weighted by molar-refractivity contribution is -0.151. The molecule has 8 heteroatoms. The molecule has 4 amide bonds. The van der Waals surface area contributed by atoms with Crippen LogP contribution in [0.15, 0.2) is 30.3 Å². The van der Waals surface area contributed by atoms with Crippen LogP contribution in [0.3, 0.4) is 0 Å². The van der Waals surface area contributed by atoms with Crippen molar-refractivity contribution in [2.24, 2.45) is 0 Å². The first kappa shape index (κ1) is 16.9. The van der Waals surface area contributed by atoms with E-state index in [1.807, 2.05) is 30.3 Å². The highest BCUT2D eigenvalue weighted by molar-refractivity contribution is 6.02. The molecule has 2 saturated heterocycles. The third-order valence-corrected chi connectivity index (χ3v) is 4.27. The second kappa shape index (κ2) is 7.33. The minimum absolute atomic E-state index is 0.131. The van der Waals surface area contributed by atoms with Gasteiger partial charge in [0.2, 0.25) is 17.7 Å². The van der Waals surface area contributed by atoms with Crippen LogP contribution in [0.5, 0.6) is 0 Å². The Hall–Kier alpha value is -2.90. The summed E-state index contributed by atoms with van der Waals surface area (Å²) >= 11 is 0. The van der Waals surface area contributed by atoms with E-state index in [9.17, 15) is 19.2 Å². The van der Waals surface area contributed by atoms with E-state index in [2.05, 4.69) is 5.32 Å². The number of nitrogens with one attached hydrogen (secondary N) is 1. The minimum Gasteiger partial charge on any atom is -0.445 e. The van der Waals surface area contributed by atoms with Crippen LogP contribution < -0.4 is 5.32 Å². The molecule has 2 fully saturated rings. The van der Waals surface area contributed by atoms with Gasteiger partial charge in [-0.05, 0) is 5.56 Å². The van der Waals surface area contributed by atoms with Crippen molar-refractivity contribution in [1.82, 2.24) is 15.1 Å². The second-order valence-corrected chi connectivity index (χ2v) is 6.03. The van der Waals surface area contributed by atoms with E-state index >= 15 is 0 Å². The molecule has 2 aliphatic rings. The molecule has 2 aliphatic heterocycles. The highest BCUT2D eigenvalue weighted by Crippen LogP contribution is 2.22. The first-order valence-electron chi connectivity index (χ1n) is 8.12. The van der Waals surface area contributed by atoms with Crippen molar-refractivity contribution in [2.75, 3.05) is 19.6 Å². The van der Waals surface area contributed by atoms with Gasteiger partial charge in [0.25, 0.3) is 0 Å². The Morgan fingerprint density at radius 1 is 1.08 bits per heavy atom. The van der Waals surface area contributed by atoms with Crippen molar-refractivity contribution in [3.8, 4) is 0 Å². The number of rotatable bonds is 5. The molecular formula is C17H19N3O5. The van der Waals surface area contributed by atoms with Gasteiger partial charge in [0.15, 0.2) is 0 Å². The van der Waals surface area contributed by atoms with Crippen molar-refractivity contribution in [2.45, 2.75) is 25.5 Å². The minimum atomic E-state index is -0.667. The fraction of sp³-hybridized carbons (Fsp3) is 0.412. The number of hydrogen-bond donors (Lipinski definition) is 1. The first-order valence-corrected chi connectivity index (χ1v) is 8.12. The van der Waals surface area contributed by atoms with E-state index in [0.29, 0.717) is 13.1 Å². The Kier molecular flexibility index (Phi) is 4.97. The molecule has 2 heterocycles. The summed E-state index contributed by atoms with van der Waals surface area (Å²) in [5.41, 5.74) is 0.856. The fourth-order valence-electron chi connectivity index (χ4n) is 2.86. The Morgan fingerprint density at radius 2 is 1.72 bits per heavy atom. The van der Waals surface area contributed by atoms with Crippen LogP contribution in [0.2, 0.25) is 0 Å². The van der Waals surface area contributed by atoms with Gasteiger partial charge in [0.05, 0.1) is 6.04 Å². The van der Waals surface area contributed by atoms with Gasteiger partial charge in [-0.3, -0.25) is 19.3 Å². The van der Waals surface area contributed by atoms with Gasteiger partial charge in [-0.1, -0.05) is 30.3 Å². The summed E-state index contributed by atoms with van der Waals surface area (Å²) in [6, 6.07) is 8.98. The summed E-state index contributed by atoms with van der Waals surface area (Å²) in [7, 11) is 0. The Labute approximate surface area is 144 Å². The van der Waals surface area contributed by atoms with E-state index in [0.717, 1.165) is 5.56 Å². The fourth-order valence-corrected chi connectivity index (χ4v) is 2.86. The maximum Gasteiger partial charge on any atom is 0.407 e. The number of hydrogen-bond acceptors (Lipinski definition) is 5. The monoisotopic (exact) mass is 345 g/mol. The van der Waals surface area contributed by atoms with Crippen LogP contribution in [0, 0.1) is 0 Å². The highest BCUT2D eigenvalue weighted by Gasteiger charge is 2.42. The van der Waals surface area contributed by atoms with E-state index in [4.69, 9.17) is 4.74 Å². The predicted molar refractivity (Wildman–Crippen MR) is 86.1 cm³/mol. The zero-order valence-corrected chi connectivity index (χ0v) is 13.6. The Morgan fingerprint density at radius 3 is 2.36 bits per heavy atom. The summed E-state index contributed by atoms with van der Waals surface area (Å²) in [6.07, 6.45) is -0.171. The van der Waals surface area contributed by atoms with Gasteiger partial charge >= 0.3 is 6.09 Å². The molecule has 0 bridgehead atoms. The molecule has 0 saturated carbocycles. The van der Waals surface area contributed by atoms with Crippen molar-refractivity contribution in [3.05, 3.63) is 35.9 Å². The van der Waals surface area contributed by atoms with Crippen LogP contribution >= 0.6 is 0 Å². The summed E-state index contributed by atoms with van der Waals surface area (Å²) < 4.78 is 5.02. The number of likely N-dealkylation sites (tertiary alicyclic amines) is 2. The number of benzene rings is 1. The maximum atomic E-state index is 12.0. The average Bonchev–Trinajstić information content (AvgIpc) is 2.90. The molecule has 1 aromatic rings. The number of ether oxygens (including phenoxy) is 1. The van der Waals surface area contributed by atoms with Crippen molar-refractivity contribution in [1.29, 1.82) is 0 Å². The molecule has 25 heavy (non-hydrogen) atoms. The number of nitrogens with zero attached hydrogens (tertiary/aromatic N) is 2. The van der Waals surface area contributed by atoms with Gasteiger partial charge in [0, 0.05) is 25.9 Å². The summed E-state index contributed by atoms with van der Waals surface area (Å²) in [4.78, 5) is 49.6. The van der Waals surface area contributed by atoms with Crippen LogP contribution in [-0.4, -0.2) is 59.3 Å². The van der Waals surface area contributed by atoms with Gasteiger partial charge in [-0.2, -0.15) is 0 Å². The lowest BCUT2D eigenvalue weighted by Gasteiger charge is -2.42. The molecule has 3 rings (SSSR count). The number of amides is 4. The van der Waals surface area contributed by atoms with Crippen molar-refractivity contribution < 1.29 is 23.9 Å². The topological polar surface area (TPSA) is 96.0 Å². The summed E-state index contributed by atoms with van der Waals surface area (Å²) in [5.74, 6) is -0.624. The van der Waals surface area contributed by atoms with Gasteiger partial charge in [-0.15, -0.1) is 0 Å². The predicted octanol–water partition coefficient (Wildman–Crippen LogP) is 0.273. The van der Waals surface area contributed by atoms with E-state index in [-0.39, 0.29) is 49.8 Å². The molecule has 0 atom stereocenters. The third kappa shape index (κ3) is 3.96. The second-order valence-electron chi connectivity index (χ2n) is 6.03. The van der Waals surface area contributed by atoms with E-state index in [1.54, 1.807) is 0 Å². The molecule has 0 unspecified atom stereocenters. The lowest BCUT2D eigenvalue weighted by atomic mass is 10.1. The van der Waals surface area contributed by atoms with Crippen LogP contribution in [0.1, 0.15) is 18.4 Å². The highest BCUT2D eigenvalue weighted by atomic mass is 16.5. The van der Waals surface area contributed by atoms with Crippen molar-refractivity contribution in [3.63, 3.8) is 0 Å². The molecule has 1 N–H and O–H groups in total. The smallest absolute Gasteiger partial charge is 0.407 e. The SMILES string of the molecule is O=C(NCC(=O)N1CC(N2C(=O)CCC2=O)C1)OCc1ccccc1. The van der Waals surface area contributed by atoms with Crippen LogP contribution in [0.25, 0.3) is 0 Å². The number of carbonyl (C=O) groups excluding carboxylic acids is 4. The normalized spacial score (nSPS) is 17.4. The molecular weight excluding hydrogens is 326 g/mol. The van der Waals surface area contributed by atoms with Gasteiger partial charge in [-0.25, -0.2) is 4.79 Å². The summed E-state index contributed by atoms with van der Waals surface area (Å²) in [6.45, 7) is 0.585. The van der Waals surface area contributed by atoms with Crippen LogP contribution in [0.4, 0.5) is 4.79 Å². The third-order valence-electron chi connectivity index (χ3n) is 4.27. The lowest BCUT2D eigenvalue weighted by Crippen LogP contribution is -2.63. The molecule has 132 valence electrons. The largest absolute Gasteiger partial charge is 0.445 e. The van der Waals surface area contributed by atoms with E-state index < -0.39 is 6.09 Å². The number of carbonyl (C=O) groups is 4. The molecule has 0 aromatic heterocycles. The first-order chi connectivity index (χ1) is 12.0. The number of alkyl carbamates (subject to hydrolysis) is 1. The molecule has 1 aromatic carbocycles. The number of imide groups is 1. The van der Waals surface area contributed by atoms with Crippen LogP contribution in [-0.2, 0) is 25.7 Å².